The standard InChI is InChI=1S/C15H16N2O4S2/c1-12-7-8-14(11-15(12)23(16,20)21)17-22(18,19)10-9-13-5-3-2-4-6-13/h2-11,17H,1H3,(H2,16,20,21)/b10-9+. The second-order valence-corrected chi connectivity index (χ2v) is 7.98. The summed E-state index contributed by atoms with van der Waals surface area (Å²) in [4.78, 5) is -0.121. The zero-order chi connectivity index (χ0) is 17.1. The molecule has 0 saturated heterocycles. The molecule has 0 radical (unpaired) electrons. The van der Waals surface area contributed by atoms with Gasteiger partial charge < -0.3 is 0 Å². The highest BCUT2D eigenvalue weighted by Gasteiger charge is 2.14. The number of aryl methyl sites for hydroxylation is 1. The molecule has 0 aliphatic heterocycles. The van der Waals surface area contributed by atoms with Crippen LogP contribution in [0.15, 0.2) is 58.8 Å². The van der Waals surface area contributed by atoms with E-state index in [4.69, 9.17) is 5.14 Å². The van der Waals surface area contributed by atoms with Gasteiger partial charge in [0.2, 0.25) is 10.0 Å². The summed E-state index contributed by atoms with van der Waals surface area (Å²) < 4.78 is 49.3. The number of sulfonamides is 2. The number of nitrogens with one attached hydrogen (secondary N) is 1. The second kappa shape index (κ2) is 6.53. The topological polar surface area (TPSA) is 106 Å². The van der Waals surface area contributed by atoms with Crippen molar-refractivity contribution in [2.45, 2.75) is 11.8 Å². The molecule has 6 nitrogen and oxygen atoms in total. The van der Waals surface area contributed by atoms with E-state index < -0.39 is 20.0 Å². The molecule has 0 fully saturated rings. The van der Waals surface area contributed by atoms with Crippen LogP contribution in [0.2, 0.25) is 0 Å². The van der Waals surface area contributed by atoms with Crippen molar-refractivity contribution in [3.05, 3.63) is 65.1 Å². The van der Waals surface area contributed by atoms with Gasteiger partial charge >= 0.3 is 0 Å². The van der Waals surface area contributed by atoms with Crippen LogP contribution in [0.5, 0.6) is 0 Å². The first kappa shape index (κ1) is 17.2. The minimum Gasteiger partial charge on any atom is -0.280 e. The summed E-state index contributed by atoms with van der Waals surface area (Å²) in [7, 11) is -7.69. The van der Waals surface area contributed by atoms with Crippen molar-refractivity contribution in [3.8, 4) is 0 Å². The predicted octanol–water partition coefficient (Wildman–Crippen LogP) is 2.06. The van der Waals surface area contributed by atoms with Gasteiger partial charge in [-0.3, -0.25) is 4.72 Å². The highest BCUT2D eigenvalue weighted by molar-refractivity contribution is 7.95. The number of benzene rings is 2. The molecule has 2 aromatic rings. The fraction of sp³-hybridized carbons (Fsp3) is 0.0667. The van der Waals surface area contributed by atoms with Crippen molar-refractivity contribution in [1.82, 2.24) is 0 Å². The largest absolute Gasteiger partial charge is 0.280 e. The Labute approximate surface area is 135 Å². The molecule has 0 amide bonds. The molecular weight excluding hydrogens is 336 g/mol. The van der Waals surface area contributed by atoms with E-state index in [1.54, 1.807) is 31.2 Å². The van der Waals surface area contributed by atoms with Crippen molar-refractivity contribution >= 4 is 31.8 Å². The lowest BCUT2D eigenvalue weighted by Gasteiger charge is -2.08. The molecule has 0 atom stereocenters. The molecule has 0 aliphatic rings. The molecule has 0 aliphatic carbocycles. The van der Waals surface area contributed by atoms with E-state index in [-0.39, 0.29) is 10.6 Å². The maximum atomic E-state index is 12.0. The van der Waals surface area contributed by atoms with Crippen LogP contribution in [0.3, 0.4) is 0 Å². The Balaban J connectivity index is 2.26. The molecule has 3 N–H and O–H groups in total. The van der Waals surface area contributed by atoms with E-state index in [0.717, 1.165) is 11.0 Å². The molecule has 0 unspecified atom stereocenters. The molecule has 0 heterocycles. The lowest BCUT2D eigenvalue weighted by atomic mass is 10.2. The molecule has 0 aromatic heterocycles. The number of primary sulfonamides is 1. The quantitative estimate of drug-likeness (QED) is 0.859. The Kier molecular flexibility index (Phi) is 4.88. The summed E-state index contributed by atoms with van der Waals surface area (Å²) in [6.07, 6.45) is 1.44. The molecular formula is C15H16N2O4S2. The van der Waals surface area contributed by atoms with E-state index in [1.165, 1.54) is 24.3 Å². The Morgan fingerprint density at radius 2 is 1.65 bits per heavy atom. The van der Waals surface area contributed by atoms with Crippen LogP contribution in [-0.4, -0.2) is 16.8 Å². The average Bonchev–Trinajstić information content (AvgIpc) is 2.47. The highest BCUT2D eigenvalue weighted by atomic mass is 32.2. The first-order valence-electron chi connectivity index (χ1n) is 6.57. The van der Waals surface area contributed by atoms with Crippen molar-refractivity contribution in [3.63, 3.8) is 0 Å². The summed E-state index contributed by atoms with van der Waals surface area (Å²) in [5, 5.41) is 6.12. The van der Waals surface area contributed by atoms with Crippen molar-refractivity contribution in [2.24, 2.45) is 5.14 Å². The van der Waals surface area contributed by atoms with Crippen molar-refractivity contribution in [2.75, 3.05) is 4.72 Å². The van der Waals surface area contributed by atoms with E-state index in [9.17, 15) is 16.8 Å². The molecule has 0 spiro atoms. The third-order valence-electron chi connectivity index (χ3n) is 2.99. The Bertz CT molecular complexity index is 935. The van der Waals surface area contributed by atoms with E-state index >= 15 is 0 Å². The lowest BCUT2D eigenvalue weighted by molar-refractivity contribution is 0.596. The zero-order valence-electron chi connectivity index (χ0n) is 12.3. The van der Waals surface area contributed by atoms with Crippen LogP contribution in [0.1, 0.15) is 11.1 Å². The molecule has 0 saturated carbocycles. The van der Waals surface area contributed by atoms with Gasteiger partial charge in [-0.2, -0.15) is 0 Å². The molecule has 0 bridgehead atoms. The first-order valence-corrected chi connectivity index (χ1v) is 9.66. The number of hydrogen-bond acceptors (Lipinski definition) is 4. The number of anilines is 1. The van der Waals surface area contributed by atoms with Gasteiger partial charge in [-0.05, 0) is 36.3 Å². The van der Waals surface area contributed by atoms with Crippen LogP contribution < -0.4 is 9.86 Å². The van der Waals surface area contributed by atoms with E-state index in [1.807, 2.05) is 6.07 Å². The van der Waals surface area contributed by atoms with Gasteiger partial charge in [0.25, 0.3) is 10.0 Å². The SMILES string of the molecule is Cc1ccc(NS(=O)(=O)/C=C/c2ccccc2)cc1S(N)(=O)=O. The number of rotatable bonds is 5. The van der Waals surface area contributed by atoms with Crippen molar-refractivity contribution in [1.29, 1.82) is 0 Å². The fourth-order valence-corrected chi connectivity index (χ4v) is 3.57. The molecule has 23 heavy (non-hydrogen) atoms. The summed E-state index contributed by atoms with van der Waals surface area (Å²) >= 11 is 0. The van der Waals surface area contributed by atoms with Gasteiger partial charge in [0.1, 0.15) is 0 Å². The van der Waals surface area contributed by atoms with Gasteiger partial charge in [0, 0.05) is 0 Å². The van der Waals surface area contributed by atoms with E-state index in [2.05, 4.69) is 4.72 Å². The Morgan fingerprint density at radius 3 is 2.26 bits per heavy atom. The number of hydrogen-bond donors (Lipinski definition) is 2. The van der Waals surface area contributed by atoms with Gasteiger partial charge in [-0.25, -0.2) is 22.0 Å². The second-order valence-electron chi connectivity index (χ2n) is 4.89. The minimum atomic E-state index is -3.92. The third-order valence-corrected chi connectivity index (χ3v) is 5.06. The predicted molar refractivity (Wildman–Crippen MR) is 90.6 cm³/mol. The van der Waals surface area contributed by atoms with Crippen LogP contribution in [-0.2, 0) is 20.0 Å². The van der Waals surface area contributed by atoms with Crippen LogP contribution in [0, 0.1) is 6.92 Å². The Hall–Kier alpha value is -2.16. The van der Waals surface area contributed by atoms with Crippen molar-refractivity contribution < 1.29 is 16.8 Å². The molecule has 2 aromatic carbocycles. The molecule has 2 rings (SSSR count). The summed E-state index contributed by atoms with van der Waals surface area (Å²) in [6.45, 7) is 1.58. The minimum absolute atomic E-state index is 0.121. The maximum Gasteiger partial charge on any atom is 0.255 e. The monoisotopic (exact) mass is 352 g/mol. The summed E-state index contributed by atoms with van der Waals surface area (Å²) in [5.41, 5.74) is 1.29. The number of nitrogens with two attached hydrogens (primary N) is 1. The van der Waals surface area contributed by atoms with Crippen LogP contribution in [0.4, 0.5) is 5.69 Å². The normalized spacial score (nSPS) is 12.4. The smallest absolute Gasteiger partial charge is 0.255 e. The average molecular weight is 352 g/mol. The van der Waals surface area contributed by atoms with Gasteiger partial charge in [0.05, 0.1) is 16.0 Å². The summed E-state index contributed by atoms with van der Waals surface area (Å²) in [6, 6.07) is 13.1. The highest BCUT2D eigenvalue weighted by Crippen LogP contribution is 2.20. The summed E-state index contributed by atoms with van der Waals surface area (Å²) in [5.74, 6) is 0. The third kappa shape index (κ3) is 4.92. The maximum absolute atomic E-state index is 12.0. The zero-order valence-corrected chi connectivity index (χ0v) is 13.9. The first-order chi connectivity index (χ1) is 10.7. The van der Waals surface area contributed by atoms with Crippen LogP contribution in [0.25, 0.3) is 6.08 Å². The van der Waals surface area contributed by atoms with Crippen LogP contribution >= 0.6 is 0 Å². The Morgan fingerprint density at radius 1 is 1.00 bits per heavy atom. The van der Waals surface area contributed by atoms with Gasteiger partial charge in [-0.1, -0.05) is 36.4 Å². The van der Waals surface area contributed by atoms with Gasteiger partial charge in [0.15, 0.2) is 0 Å². The fourth-order valence-electron chi connectivity index (χ4n) is 1.90. The molecule has 122 valence electrons. The molecule has 8 heteroatoms. The van der Waals surface area contributed by atoms with Gasteiger partial charge in [-0.15, -0.1) is 0 Å². The lowest BCUT2D eigenvalue weighted by Crippen LogP contribution is -2.15. The van der Waals surface area contributed by atoms with E-state index in [0.29, 0.717) is 5.56 Å².